The molecule has 1 aliphatic carbocycles. The fourth-order valence-electron chi connectivity index (χ4n) is 4.06. The Bertz CT molecular complexity index is 951. The van der Waals surface area contributed by atoms with Gasteiger partial charge in [-0.25, -0.2) is 4.98 Å². The first-order chi connectivity index (χ1) is 13.8. The van der Waals surface area contributed by atoms with Crippen LogP contribution in [0, 0.1) is 0 Å². The lowest BCUT2D eigenvalue weighted by Gasteiger charge is -2.29. The highest BCUT2D eigenvalue weighted by Gasteiger charge is 2.26. The molecule has 3 aromatic rings. The molecule has 0 atom stereocenters. The van der Waals surface area contributed by atoms with Gasteiger partial charge in [-0.3, -0.25) is 0 Å². The van der Waals surface area contributed by atoms with Crippen LogP contribution in [0.1, 0.15) is 37.8 Å². The molecule has 0 bridgehead atoms. The fraction of sp³-hybridized carbons (Fsp3) is 0.455. The lowest BCUT2D eigenvalue weighted by atomic mass is 10.1. The summed E-state index contributed by atoms with van der Waals surface area (Å²) in [5.41, 5.74) is 4.74. The van der Waals surface area contributed by atoms with Gasteiger partial charge in [0, 0.05) is 61.4 Å². The molecular formula is C22H28N6. The number of rotatable bonds is 6. The van der Waals surface area contributed by atoms with Crippen molar-refractivity contribution < 1.29 is 0 Å². The quantitative estimate of drug-likeness (QED) is 0.684. The molecule has 0 amide bonds. The minimum absolute atomic E-state index is 0.620. The molecule has 1 aliphatic heterocycles. The Morgan fingerprint density at radius 3 is 2.64 bits per heavy atom. The molecule has 5 rings (SSSR count). The average molecular weight is 377 g/mol. The van der Waals surface area contributed by atoms with E-state index in [1.165, 1.54) is 29.5 Å². The Kier molecular flexibility index (Phi) is 4.64. The Hall–Kier alpha value is -2.60. The predicted octanol–water partition coefficient (Wildman–Crippen LogP) is 3.87. The molecule has 6 nitrogen and oxygen atoms in total. The van der Waals surface area contributed by atoms with Crippen molar-refractivity contribution in [3.8, 4) is 0 Å². The first kappa shape index (κ1) is 17.5. The van der Waals surface area contributed by atoms with Gasteiger partial charge >= 0.3 is 0 Å². The Labute approximate surface area is 166 Å². The molecule has 28 heavy (non-hydrogen) atoms. The van der Waals surface area contributed by atoms with Gasteiger partial charge in [-0.15, -0.1) is 0 Å². The highest BCUT2D eigenvalue weighted by Crippen LogP contribution is 2.38. The van der Waals surface area contributed by atoms with Crippen molar-refractivity contribution in [3.63, 3.8) is 0 Å². The van der Waals surface area contributed by atoms with Crippen molar-refractivity contribution in [2.24, 2.45) is 0 Å². The van der Waals surface area contributed by atoms with E-state index in [1.54, 1.807) is 0 Å². The molecule has 3 heterocycles. The van der Waals surface area contributed by atoms with Gasteiger partial charge in [0.2, 0.25) is 5.95 Å². The van der Waals surface area contributed by atoms with Crippen LogP contribution in [0.25, 0.3) is 11.0 Å². The van der Waals surface area contributed by atoms with Crippen LogP contribution in [0.4, 0.5) is 17.3 Å². The maximum absolute atomic E-state index is 4.87. The Morgan fingerprint density at radius 1 is 1.14 bits per heavy atom. The van der Waals surface area contributed by atoms with Crippen LogP contribution in [-0.2, 0) is 6.42 Å². The van der Waals surface area contributed by atoms with Crippen molar-refractivity contribution in [2.75, 3.05) is 36.4 Å². The monoisotopic (exact) mass is 376 g/mol. The molecule has 6 heteroatoms. The third-order valence-corrected chi connectivity index (χ3v) is 5.72. The highest BCUT2D eigenvalue weighted by atomic mass is 15.2. The minimum Gasteiger partial charge on any atom is -0.369 e. The van der Waals surface area contributed by atoms with E-state index in [9.17, 15) is 0 Å². The van der Waals surface area contributed by atoms with Crippen molar-refractivity contribution in [1.82, 2.24) is 19.9 Å². The van der Waals surface area contributed by atoms with E-state index >= 15 is 0 Å². The van der Waals surface area contributed by atoms with Crippen LogP contribution in [-0.4, -0.2) is 40.7 Å². The van der Waals surface area contributed by atoms with Gasteiger partial charge in [0.15, 0.2) is 0 Å². The number of nitrogens with one attached hydrogen (secondary N) is 2. The van der Waals surface area contributed by atoms with Gasteiger partial charge in [0.25, 0.3) is 0 Å². The molecule has 1 saturated heterocycles. The number of nitrogens with zero attached hydrogens (tertiary/aromatic N) is 4. The normalized spacial score (nSPS) is 17.2. The maximum atomic E-state index is 4.87. The summed E-state index contributed by atoms with van der Waals surface area (Å²) in [5.74, 6) is 0.672. The molecular weight excluding hydrogens is 348 g/mol. The van der Waals surface area contributed by atoms with E-state index in [1.807, 2.05) is 6.20 Å². The Balaban J connectivity index is 1.38. The van der Waals surface area contributed by atoms with Crippen LogP contribution in [0.3, 0.4) is 0 Å². The second kappa shape index (κ2) is 7.43. The zero-order valence-electron chi connectivity index (χ0n) is 16.5. The second-order valence-electron chi connectivity index (χ2n) is 7.88. The van der Waals surface area contributed by atoms with Crippen LogP contribution in [0.5, 0.6) is 0 Å². The smallest absolute Gasteiger partial charge is 0.229 e. The fourth-order valence-corrected chi connectivity index (χ4v) is 4.06. The summed E-state index contributed by atoms with van der Waals surface area (Å²) in [4.78, 5) is 11.9. The van der Waals surface area contributed by atoms with Crippen molar-refractivity contribution in [1.29, 1.82) is 0 Å². The SMILES string of the molecule is CCCc1cn(C2CC2)c2nc(Nc3ccc(N4CCNCC4)cc3)ncc12. The van der Waals surface area contributed by atoms with Gasteiger partial charge in [-0.1, -0.05) is 13.3 Å². The van der Waals surface area contributed by atoms with Crippen molar-refractivity contribution in [2.45, 2.75) is 38.6 Å². The van der Waals surface area contributed by atoms with E-state index in [0.29, 0.717) is 12.0 Å². The molecule has 1 aromatic carbocycles. The van der Waals surface area contributed by atoms with E-state index in [4.69, 9.17) is 4.98 Å². The van der Waals surface area contributed by atoms with Gasteiger partial charge in [0.1, 0.15) is 5.65 Å². The largest absolute Gasteiger partial charge is 0.369 e. The van der Waals surface area contributed by atoms with Crippen LogP contribution < -0.4 is 15.5 Å². The molecule has 1 saturated carbocycles. The zero-order valence-corrected chi connectivity index (χ0v) is 16.5. The molecule has 2 fully saturated rings. The van der Waals surface area contributed by atoms with E-state index < -0.39 is 0 Å². The molecule has 0 spiro atoms. The number of hydrogen-bond acceptors (Lipinski definition) is 5. The highest BCUT2D eigenvalue weighted by molar-refractivity contribution is 5.81. The molecule has 0 radical (unpaired) electrons. The lowest BCUT2D eigenvalue weighted by Crippen LogP contribution is -2.43. The summed E-state index contributed by atoms with van der Waals surface area (Å²) in [6.45, 7) is 6.44. The van der Waals surface area contributed by atoms with Crippen LogP contribution >= 0.6 is 0 Å². The average Bonchev–Trinajstić information content (AvgIpc) is 3.52. The van der Waals surface area contributed by atoms with Crippen LogP contribution in [0.15, 0.2) is 36.7 Å². The summed E-state index contributed by atoms with van der Waals surface area (Å²) in [7, 11) is 0. The van der Waals surface area contributed by atoms with Gasteiger partial charge in [0.05, 0.1) is 0 Å². The third-order valence-electron chi connectivity index (χ3n) is 5.72. The summed E-state index contributed by atoms with van der Waals surface area (Å²) in [5, 5.41) is 7.99. The minimum atomic E-state index is 0.620. The third kappa shape index (κ3) is 3.44. The first-order valence-electron chi connectivity index (χ1n) is 10.5. The zero-order chi connectivity index (χ0) is 18.9. The molecule has 2 N–H and O–H groups in total. The van der Waals surface area contributed by atoms with Gasteiger partial charge in [-0.2, -0.15) is 4.98 Å². The van der Waals surface area contributed by atoms with Crippen LogP contribution in [0.2, 0.25) is 0 Å². The summed E-state index contributed by atoms with van der Waals surface area (Å²) in [6.07, 6.45) is 9.03. The number of benzene rings is 1. The number of aromatic nitrogens is 3. The Morgan fingerprint density at radius 2 is 1.93 bits per heavy atom. The van der Waals surface area contributed by atoms with Gasteiger partial charge in [-0.05, 0) is 49.1 Å². The number of fused-ring (bicyclic) bond motifs is 1. The lowest BCUT2D eigenvalue weighted by molar-refractivity contribution is 0.589. The van der Waals surface area contributed by atoms with Crippen molar-refractivity contribution >= 4 is 28.4 Å². The summed E-state index contributed by atoms with van der Waals surface area (Å²) >= 11 is 0. The summed E-state index contributed by atoms with van der Waals surface area (Å²) in [6, 6.07) is 9.21. The molecule has 146 valence electrons. The van der Waals surface area contributed by atoms with Gasteiger partial charge < -0.3 is 20.1 Å². The van der Waals surface area contributed by atoms with Crippen molar-refractivity contribution in [3.05, 3.63) is 42.2 Å². The van der Waals surface area contributed by atoms with E-state index in [-0.39, 0.29) is 0 Å². The predicted molar refractivity (Wildman–Crippen MR) is 115 cm³/mol. The second-order valence-corrected chi connectivity index (χ2v) is 7.88. The molecule has 2 aliphatic rings. The van der Waals surface area contributed by atoms with E-state index in [0.717, 1.165) is 50.4 Å². The summed E-state index contributed by atoms with van der Waals surface area (Å²) < 4.78 is 2.36. The topological polar surface area (TPSA) is 58.0 Å². The standard InChI is InChI=1S/C22H28N6/c1-2-3-16-15-28(19-8-9-19)21-20(16)14-24-22(26-21)25-17-4-6-18(7-5-17)27-12-10-23-11-13-27/h4-7,14-15,19,23H,2-3,8-13H2,1H3,(H,24,25,26). The molecule has 0 unspecified atom stereocenters. The maximum Gasteiger partial charge on any atom is 0.229 e. The molecule has 2 aromatic heterocycles. The number of hydrogen-bond donors (Lipinski definition) is 2. The number of piperazine rings is 1. The number of anilines is 3. The first-order valence-corrected chi connectivity index (χ1v) is 10.5. The number of aryl methyl sites for hydroxylation is 1. The van der Waals surface area contributed by atoms with E-state index in [2.05, 4.69) is 62.5 Å².